The van der Waals surface area contributed by atoms with Crippen LogP contribution in [-0.2, 0) is 0 Å². The maximum absolute atomic E-state index is 5.74. The second-order valence-corrected chi connectivity index (χ2v) is 5.57. The van der Waals surface area contributed by atoms with Crippen LogP contribution < -0.4 is 11.1 Å². The average Bonchev–Trinajstić information content (AvgIpc) is 3.16. The first kappa shape index (κ1) is 11.0. The SMILES string of the molecule is NC(=S)c1ccncc1NC(C1CC1)C1CC1. The smallest absolute Gasteiger partial charge is 0.106 e. The monoisotopic (exact) mass is 247 g/mol. The zero-order valence-corrected chi connectivity index (χ0v) is 10.5. The second-order valence-electron chi connectivity index (χ2n) is 5.13. The van der Waals surface area contributed by atoms with Crippen LogP contribution in [0.4, 0.5) is 5.69 Å². The molecule has 0 unspecified atom stereocenters. The summed E-state index contributed by atoms with van der Waals surface area (Å²) in [6.45, 7) is 0. The molecule has 90 valence electrons. The normalized spacial score (nSPS) is 19.4. The highest BCUT2D eigenvalue weighted by Gasteiger charge is 2.41. The van der Waals surface area contributed by atoms with Crippen LogP contribution in [0.15, 0.2) is 18.5 Å². The van der Waals surface area contributed by atoms with Gasteiger partial charge in [-0.1, -0.05) is 12.2 Å². The summed E-state index contributed by atoms with van der Waals surface area (Å²) in [4.78, 5) is 4.61. The average molecular weight is 247 g/mol. The Hall–Kier alpha value is -1.16. The third-order valence-corrected chi connectivity index (χ3v) is 3.89. The van der Waals surface area contributed by atoms with Crippen molar-refractivity contribution in [3.8, 4) is 0 Å². The lowest BCUT2D eigenvalue weighted by Crippen LogP contribution is -2.26. The molecule has 0 bridgehead atoms. The van der Waals surface area contributed by atoms with E-state index >= 15 is 0 Å². The van der Waals surface area contributed by atoms with Gasteiger partial charge in [-0.2, -0.15) is 0 Å². The Bertz CT molecular complexity index is 426. The predicted molar refractivity (Wildman–Crippen MR) is 73.0 cm³/mol. The second kappa shape index (κ2) is 4.26. The fourth-order valence-electron chi connectivity index (χ4n) is 2.44. The van der Waals surface area contributed by atoms with Gasteiger partial charge >= 0.3 is 0 Å². The third-order valence-electron chi connectivity index (χ3n) is 3.67. The van der Waals surface area contributed by atoms with Crippen molar-refractivity contribution in [2.24, 2.45) is 17.6 Å². The molecule has 0 radical (unpaired) electrons. The maximum atomic E-state index is 5.74. The van der Waals surface area contributed by atoms with Gasteiger partial charge in [0.15, 0.2) is 0 Å². The van der Waals surface area contributed by atoms with E-state index in [1.54, 1.807) is 6.20 Å². The minimum atomic E-state index is 0.445. The first-order valence-corrected chi connectivity index (χ1v) is 6.67. The molecule has 0 amide bonds. The highest BCUT2D eigenvalue weighted by atomic mass is 32.1. The molecule has 0 atom stereocenters. The molecular weight excluding hydrogens is 230 g/mol. The lowest BCUT2D eigenvalue weighted by atomic mass is 10.1. The van der Waals surface area contributed by atoms with E-state index in [2.05, 4.69) is 10.3 Å². The van der Waals surface area contributed by atoms with Crippen LogP contribution in [0.2, 0.25) is 0 Å². The van der Waals surface area contributed by atoms with Crippen LogP contribution in [0, 0.1) is 11.8 Å². The standard InChI is InChI=1S/C13H17N3S/c14-13(17)10-5-6-15-7-11(10)16-12(8-1-2-8)9-3-4-9/h5-9,12,16H,1-4H2,(H2,14,17). The minimum Gasteiger partial charge on any atom is -0.389 e. The van der Waals surface area contributed by atoms with E-state index < -0.39 is 0 Å². The summed E-state index contributed by atoms with van der Waals surface area (Å²) < 4.78 is 0. The van der Waals surface area contributed by atoms with Crippen LogP contribution in [0.5, 0.6) is 0 Å². The zero-order valence-electron chi connectivity index (χ0n) is 9.73. The van der Waals surface area contributed by atoms with Crippen LogP contribution in [0.3, 0.4) is 0 Å². The third kappa shape index (κ3) is 2.41. The van der Waals surface area contributed by atoms with Gasteiger partial charge in [0.25, 0.3) is 0 Å². The number of hydrogen-bond donors (Lipinski definition) is 2. The topological polar surface area (TPSA) is 50.9 Å². The molecule has 2 fully saturated rings. The van der Waals surface area contributed by atoms with Crippen LogP contribution in [0.1, 0.15) is 31.2 Å². The van der Waals surface area contributed by atoms with Crippen molar-refractivity contribution in [3.63, 3.8) is 0 Å². The zero-order chi connectivity index (χ0) is 11.8. The van der Waals surface area contributed by atoms with E-state index in [1.165, 1.54) is 25.7 Å². The Morgan fingerprint density at radius 3 is 2.53 bits per heavy atom. The number of aromatic nitrogens is 1. The number of nitrogens with two attached hydrogens (primary N) is 1. The lowest BCUT2D eigenvalue weighted by molar-refractivity contribution is 0.567. The van der Waals surface area contributed by atoms with Crippen molar-refractivity contribution >= 4 is 22.9 Å². The van der Waals surface area contributed by atoms with Gasteiger partial charge in [-0.3, -0.25) is 4.98 Å². The molecule has 2 aliphatic rings. The summed E-state index contributed by atoms with van der Waals surface area (Å²) in [5.41, 5.74) is 7.66. The van der Waals surface area contributed by atoms with E-state index in [9.17, 15) is 0 Å². The molecular formula is C13H17N3S. The molecule has 1 aromatic rings. The fraction of sp³-hybridized carbons (Fsp3) is 0.538. The van der Waals surface area contributed by atoms with E-state index in [0.717, 1.165) is 23.1 Å². The van der Waals surface area contributed by atoms with Crippen LogP contribution >= 0.6 is 12.2 Å². The Kier molecular flexibility index (Phi) is 2.74. The summed E-state index contributed by atoms with van der Waals surface area (Å²) in [5.74, 6) is 1.70. The summed E-state index contributed by atoms with van der Waals surface area (Å²) in [7, 11) is 0. The molecule has 0 spiro atoms. The van der Waals surface area contributed by atoms with Gasteiger partial charge in [-0.05, 0) is 43.6 Å². The maximum Gasteiger partial charge on any atom is 0.106 e. The summed E-state index contributed by atoms with van der Waals surface area (Å²) in [5, 5.41) is 3.62. The van der Waals surface area contributed by atoms with Gasteiger partial charge in [0.05, 0.1) is 11.9 Å². The molecule has 17 heavy (non-hydrogen) atoms. The first-order chi connectivity index (χ1) is 8.25. The molecule has 1 aromatic heterocycles. The van der Waals surface area contributed by atoms with Crippen LogP contribution in [-0.4, -0.2) is 16.0 Å². The molecule has 3 rings (SSSR count). The van der Waals surface area contributed by atoms with Gasteiger partial charge in [-0.25, -0.2) is 0 Å². The molecule has 3 N–H and O–H groups in total. The summed E-state index contributed by atoms with van der Waals surface area (Å²) >= 11 is 5.08. The number of anilines is 1. The number of rotatable bonds is 5. The van der Waals surface area contributed by atoms with Crippen molar-refractivity contribution in [2.45, 2.75) is 31.7 Å². The van der Waals surface area contributed by atoms with Gasteiger partial charge < -0.3 is 11.1 Å². The Morgan fingerprint density at radius 2 is 2.00 bits per heavy atom. The molecule has 0 aliphatic heterocycles. The van der Waals surface area contributed by atoms with E-state index in [0.29, 0.717) is 11.0 Å². The molecule has 1 heterocycles. The van der Waals surface area contributed by atoms with E-state index in [1.807, 2.05) is 12.3 Å². The Morgan fingerprint density at radius 1 is 1.35 bits per heavy atom. The summed E-state index contributed by atoms with van der Waals surface area (Å²) in [6.07, 6.45) is 9.01. The van der Waals surface area contributed by atoms with Gasteiger partial charge in [-0.15, -0.1) is 0 Å². The number of nitrogens with zero attached hydrogens (tertiary/aromatic N) is 1. The molecule has 3 nitrogen and oxygen atoms in total. The van der Waals surface area contributed by atoms with Crippen molar-refractivity contribution in [1.82, 2.24) is 4.98 Å². The fourth-order valence-corrected chi connectivity index (χ4v) is 2.61. The Labute approximate surface area is 107 Å². The van der Waals surface area contributed by atoms with Gasteiger partial charge in [0, 0.05) is 17.8 Å². The molecule has 0 aromatic carbocycles. The van der Waals surface area contributed by atoms with Crippen molar-refractivity contribution in [1.29, 1.82) is 0 Å². The lowest BCUT2D eigenvalue weighted by Gasteiger charge is -2.20. The number of thiocarbonyl (C=S) groups is 1. The van der Waals surface area contributed by atoms with E-state index in [-0.39, 0.29) is 0 Å². The van der Waals surface area contributed by atoms with Gasteiger partial charge in [0.1, 0.15) is 4.99 Å². The number of hydrogen-bond acceptors (Lipinski definition) is 3. The Balaban J connectivity index is 1.80. The van der Waals surface area contributed by atoms with Crippen molar-refractivity contribution in [3.05, 3.63) is 24.0 Å². The van der Waals surface area contributed by atoms with Crippen LogP contribution in [0.25, 0.3) is 0 Å². The number of nitrogens with one attached hydrogen (secondary N) is 1. The molecule has 2 saturated carbocycles. The van der Waals surface area contributed by atoms with Crippen molar-refractivity contribution < 1.29 is 0 Å². The highest BCUT2D eigenvalue weighted by Crippen LogP contribution is 2.46. The molecule has 4 heteroatoms. The van der Waals surface area contributed by atoms with Crippen molar-refractivity contribution in [2.75, 3.05) is 5.32 Å². The number of pyridine rings is 1. The minimum absolute atomic E-state index is 0.445. The largest absolute Gasteiger partial charge is 0.389 e. The summed E-state index contributed by atoms with van der Waals surface area (Å²) in [6, 6.07) is 2.49. The highest BCUT2D eigenvalue weighted by molar-refractivity contribution is 7.80. The van der Waals surface area contributed by atoms with Gasteiger partial charge in [0.2, 0.25) is 0 Å². The van der Waals surface area contributed by atoms with E-state index in [4.69, 9.17) is 18.0 Å². The first-order valence-electron chi connectivity index (χ1n) is 6.26. The predicted octanol–water partition coefficient (Wildman–Crippen LogP) is 2.32. The molecule has 0 saturated heterocycles. The quantitative estimate of drug-likeness (QED) is 0.784. The molecule has 2 aliphatic carbocycles.